The molecule has 3 aromatic rings. The van der Waals surface area contributed by atoms with Crippen molar-refractivity contribution in [2.75, 3.05) is 41.8 Å². The summed E-state index contributed by atoms with van der Waals surface area (Å²) < 4.78 is 20.3. The Balaban J connectivity index is 1.45. The van der Waals surface area contributed by atoms with Gasteiger partial charge in [0.25, 0.3) is 5.91 Å². The van der Waals surface area contributed by atoms with Gasteiger partial charge in [0.2, 0.25) is 0 Å². The second-order valence-corrected chi connectivity index (χ2v) is 9.08. The number of nitrogens with two attached hydrogens (primary N) is 2. The number of ether oxygens (including phenoxy) is 1. The van der Waals surface area contributed by atoms with E-state index in [0.717, 1.165) is 61.4 Å². The molecule has 2 fully saturated rings. The first-order chi connectivity index (χ1) is 17.0. The van der Waals surface area contributed by atoms with Crippen molar-refractivity contribution in [2.24, 2.45) is 11.5 Å². The number of pyridine rings is 2. The lowest BCUT2D eigenvalue weighted by Gasteiger charge is -2.30. The Morgan fingerprint density at radius 1 is 1.14 bits per heavy atom. The van der Waals surface area contributed by atoms with Crippen molar-refractivity contribution in [3.8, 4) is 0 Å². The quantitative estimate of drug-likeness (QED) is 0.424. The highest BCUT2D eigenvalue weighted by molar-refractivity contribution is 5.99. The van der Waals surface area contributed by atoms with Crippen LogP contribution < -0.4 is 27.0 Å². The summed E-state index contributed by atoms with van der Waals surface area (Å²) in [6.07, 6.45) is 5.46. The first-order valence-electron chi connectivity index (χ1n) is 12.0. The molecule has 1 aliphatic carbocycles. The number of nitrogens with zero attached hydrogens (tertiary/aromatic N) is 3. The monoisotopic (exact) mass is 479 g/mol. The molecule has 2 unspecified atom stereocenters. The number of para-hydroxylation sites is 1. The zero-order chi connectivity index (χ0) is 24.4. The number of anilines is 4. The van der Waals surface area contributed by atoms with Crippen molar-refractivity contribution in [2.45, 2.75) is 37.8 Å². The molecular weight excluding hydrogens is 449 g/mol. The third kappa shape index (κ3) is 4.98. The minimum Gasteiger partial charge on any atom is -0.378 e. The number of hydrogen-bond donors (Lipinski definition) is 4. The second kappa shape index (κ2) is 10.0. The first kappa shape index (κ1) is 23.3. The molecule has 9 nitrogen and oxygen atoms in total. The van der Waals surface area contributed by atoms with Gasteiger partial charge in [-0.1, -0.05) is 25.0 Å². The molecule has 2 aromatic heterocycles. The van der Waals surface area contributed by atoms with E-state index in [0.29, 0.717) is 18.9 Å². The molecular formula is C25H30FN7O2. The van der Waals surface area contributed by atoms with Gasteiger partial charge < -0.3 is 31.7 Å². The Labute approximate surface area is 203 Å². The van der Waals surface area contributed by atoms with Crippen LogP contribution in [0.25, 0.3) is 10.9 Å². The van der Waals surface area contributed by atoms with Crippen molar-refractivity contribution in [3.63, 3.8) is 0 Å². The van der Waals surface area contributed by atoms with Crippen molar-refractivity contribution in [1.29, 1.82) is 0 Å². The van der Waals surface area contributed by atoms with Gasteiger partial charge in [0.15, 0.2) is 11.6 Å². The fourth-order valence-electron chi connectivity index (χ4n) is 4.80. The Kier molecular flexibility index (Phi) is 6.65. The van der Waals surface area contributed by atoms with E-state index in [1.54, 1.807) is 6.20 Å². The van der Waals surface area contributed by atoms with E-state index < -0.39 is 11.7 Å². The van der Waals surface area contributed by atoms with Crippen molar-refractivity contribution < 1.29 is 13.9 Å². The van der Waals surface area contributed by atoms with E-state index in [1.807, 2.05) is 24.3 Å². The summed E-state index contributed by atoms with van der Waals surface area (Å²) in [6.45, 7) is 2.99. The van der Waals surface area contributed by atoms with Crippen LogP contribution in [-0.4, -0.2) is 54.3 Å². The Morgan fingerprint density at radius 3 is 2.71 bits per heavy atom. The summed E-state index contributed by atoms with van der Waals surface area (Å²) in [4.78, 5) is 23.4. The van der Waals surface area contributed by atoms with E-state index in [1.165, 1.54) is 0 Å². The molecule has 1 amide bonds. The number of halogens is 1. The van der Waals surface area contributed by atoms with Crippen LogP contribution in [0.2, 0.25) is 0 Å². The molecule has 1 saturated heterocycles. The predicted octanol–water partition coefficient (Wildman–Crippen LogP) is 3.13. The number of nitrogens with one attached hydrogen (secondary N) is 2. The fourth-order valence-corrected chi connectivity index (χ4v) is 4.80. The highest BCUT2D eigenvalue weighted by Gasteiger charge is 2.24. The Morgan fingerprint density at radius 2 is 1.94 bits per heavy atom. The lowest BCUT2D eigenvalue weighted by molar-refractivity contribution is 0.100. The number of morpholine rings is 1. The number of rotatable bonds is 6. The molecule has 1 aromatic carbocycles. The molecule has 0 spiro atoms. The molecule has 3 heterocycles. The van der Waals surface area contributed by atoms with Crippen LogP contribution >= 0.6 is 0 Å². The fraction of sp³-hybridized carbons (Fsp3) is 0.400. The number of carbonyl (C=O) groups is 1. The van der Waals surface area contributed by atoms with Crippen LogP contribution in [0, 0.1) is 5.82 Å². The van der Waals surface area contributed by atoms with Gasteiger partial charge >= 0.3 is 0 Å². The van der Waals surface area contributed by atoms with Gasteiger partial charge in [0.1, 0.15) is 5.82 Å². The van der Waals surface area contributed by atoms with Crippen molar-refractivity contribution in [3.05, 3.63) is 47.9 Å². The number of benzene rings is 1. The van der Waals surface area contributed by atoms with Gasteiger partial charge in [0.05, 0.1) is 41.9 Å². The van der Waals surface area contributed by atoms with E-state index in [-0.39, 0.29) is 29.3 Å². The van der Waals surface area contributed by atoms with Gasteiger partial charge in [0, 0.05) is 30.6 Å². The molecule has 1 saturated carbocycles. The van der Waals surface area contributed by atoms with E-state index in [9.17, 15) is 9.18 Å². The first-order valence-corrected chi connectivity index (χ1v) is 12.0. The highest BCUT2D eigenvalue weighted by Crippen LogP contribution is 2.30. The van der Waals surface area contributed by atoms with Crippen LogP contribution in [0.4, 0.5) is 27.4 Å². The lowest BCUT2D eigenvalue weighted by Crippen LogP contribution is -2.43. The number of aromatic nitrogens is 2. The molecule has 184 valence electrons. The molecule has 35 heavy (non-hydrogen) atoms. The molecule has 0 bridgehead atoms. The number of hydrogen-bond acceptors (Lipinski definition) is 8. The Hall–Kier alpha value is -3.50. The predicted molar refractivity (Wildman–Crippen MR) is 135 cm³/mol. The van der Waals surface area contributed by atoms with Crippen LogP contribution in [0.15, 0.2) is 36.5 Å². The summed E-state index contributed by atoms with van der Waals surface area (Å²) in [6, 6.07) is 8.88. The minimum absolute atomic E-state index is 0.0387. The summed E-state index contributed by atoms with van der Waals surface area (Å²) in [5.74, 6) is -1.21. The van der Waals surface area contributed by atoms with Crippen LogP contribution in [0.5, 0.6) is 0 Å². The molecule has 0 radical (unpaired) electrons. The van der Waals surface area contributed by atoms with Crippen LogP contribution in [0.1, 0.15) is 36.0 Å². The van der Waals surface area contributed by atoms with E-state index in [4.69, 9.17) is 16.2 Å². The standard InChI is InChI=1S/C25H30FN7O2/c26-18-13-17(23(28)34)24(32-25(18)31-20-6-2-1-5-19(20)27)30-16-12-15-4-3-7-21(22(15)29-14-16)33-8-10-35-11-9-33/h3-4,7,12-14,19-20H,1-2,5-6,8-11,27H2,(H2,28,34)(H2,30,31,32). The minimum atomic E-state index is -0.775. The van der Waals surface area contributed by atoms with E-state index >= 15 is 0 Å². The van der Waals surface area contributed by atoms with Crippen molar-refractivity contribution in [1.82, 2.24) is 9.97 Å². The third-order valence-electron chi connectivity index (χ3n) is 6.69. The zero-order valence-corrected chi connectivity index (χ0v) is 19.5. The topological polar surface area (TPSA) is 131 Å². The summed E-state index contributed by atoms with van der Waals surface area (Å²) >= 11 is 0. The second-order valence-electron chi connectivity index (χ2n) is 9.08. The molecule has 10 heteroatoms. The number of amides is 1. The largest absolute Gasteiger partial charge is 0.378 e. The normalized spacial score (nSPS) is 20.6. The molecule has 2 atom stereocenters. The summed E-state index contributed by atoms with van der Waals surface area (Å²) in [5, 5.41) is 7.17. The lowest BCUT2D eigenvalue weighted by atomic mass is 9.91. The molecule has 1 aliphatic heterocycles. The van der Waals surface area contributed by atoms with Gasteiger partial charge in [-0.2, -0.15) is 0 Å². The number of fused-ring (bicyclic) bond motifs is 1. The third-order valence-corrected chi connectivity index (χ3v) is 6.69. The van der Waals surface area contributed by atoms with Gasteiger partial charge in [-0.05, 0) is 31.0 Å². The van der Waals surface area contributed by atoms with Gasteiger partial charge in [-0.3, -0.25) is 9.78 Å². The molecule has 2 aliphatic rings. The molecule has 6 N–H and O–H groups in total. The smallest absolute Gasteiger partial charge is 0.252 e. The number of carbonyl (C=O) groups excluding carboxylic acids is 1. The Bertz CT molecular complexity index is 1230. The average molecular weight is 480 g/mol. The average Bonchev–Trinajstić information content (AvgIpc) is 2.87. The summed E-state index contributed by atoms with van der Waals surface area (Å²) in [5.41, 5.74) is 14.2. The molecule has 5 rings (SSSR count). The van der Waals surface area contributed by atoms with Crippen LogP contribution in [0.3, 0.4) is 0 Å². The SMILES string of the molecule is NC(=O)c1cc(F)c(NC2CCCCC2N)nc1Nc1cnc2c(N3CCOCC3)cccc2c1. The maximum absolute atomic E-state index is 14.8. The maximum atomic E-state index is 14.8. The van der Waals surface area contributed by atoms with Gasteiger partial charge in [-0.15, -0.1) is 0 Å². The van der Waals surface area contributed by atoms with Gasteiger partial charge in [-0.25, -0.2) is 9.37 Å². The number of primary amides is 1. The summed E-state index contributed by atoms with van der Waals surface area (Å²) in [7, 11) is 0. The zero-order valence-electron chi connectivity index (χ0n) is 19.5. The maximum Gasteiger partial charge on any atom is 0.252 e. The van der Waals surface area contributed by atoms with Crippen molar-refractivity contribution >= 4 is 39.8 Å². The van der Waals surface area contributed by atoms with E-state index in [2.05, 4.69) is 25.5 Å². The van der Waals surface area contributed by atoms with Crippen LogP contribution in [-0.2, 0) is 4.74 Å². The highest BCUT2D eigenvalue weighted by atomic mass is 19.1.